The third-order valence-electron chi connectivity index (χ3n) is 2.32. The van der Waals surface area contributed by atoms with Crippen molar-refractivity contribution in [3.05, 3.63) is 40.6 Å². The zero-order valence-electron chi connectivity index (χ0n) is 8.97. The van der Waals surface area contributed by atoms with E-state index in [9.17, 15) is 4.79 Å². The van der Waals surface area contributed by atoms with Gasteiger partial charge in [0.05, 0.1) is 12.2 Å². The Bertz CT molecular complexity index is 475. The van der Waals surface area contributed by atoms with Crippen LogP contribution in [0.3, 0.4) is 0 Å². The molecule has 0 radical (unpaired) electrons. The van der Waals surface area contributed by atoms with Crippen molar-refractivity contribution >= 4 is 17.6 Å². The standard InChI is InChI=1S/C13H12O2S/c1-2-15-13-5-3-4-11(12(13)8-14)10-6-7-16-9-10/h3-9H,2H2,1H3. The van der Waals surface area contributed by atoms with E-state index in [4.69, 9.17) is 4.74 Å². The van der Waals surface area contributed by atoms with Crippen molar-refractivity contribution in [1.29, 1.82) is 0 Å². The lowest BCUT2D eigenvalue weighted by Gasteiger charge is -2.09. The predicted molar refractivity (Wildman–Crippen MR) is 66.3 cm³/mol. The van der Waals surface area contributed by atoms with Crippen LogP contribution in [-0.4, -0.2) is 12.9 Å². The zero-order valence-corrected chi connectivity index (χ0v) is 9.79. The van der Waals surface area contributed by atoms with Crippen molar-refractivity contribution in [3.63, 3.8) is 0 Å². The number of carbonyl (C=O) groups excluding carboxylic acids is 1. The van der Waals surface area contributed by atoms with Gasteiger partial charge in [0.15, 0.2) is 6.29 Å². The summed E-state index contributed by atoms with van der Waals surface area (Å²) in [5, 5.41) is 4.02. The highest BCUT2D eigenvalue weighted by Crippen LogP contribution is 2.30. The van der Waals surface area contributed by atoms with Gasteiger partial charge in [0.1, 0.15) is 5.75 Å². The van der Waals surface area contributed by atoms with Gasteiger partial charge in [-0.3, -0.25) is 4.79 Å². The molecule has 0 saturated heterocycles. The Morgan fingerprint density at radius 1 is 1.38 bits per heavy atom. The molecule has 0 aliphatic carbocycles. The van der Waals surface area contributed by atoms with E-state index < -0.39 is 0 Å². The summed E-state index contributed by atoms with van der Waals surface area (Å²) in [4.78, 5) is 11.1. The average molecular weight is 232 g/mol. The van der Waals surface area contributed by atoms with Crippen molar-refractivity contribution < 1.29 is 9.53 Å². The molecule has 82 valence electrons. The van der Waals surface area contributed by atoms with Gasteiger partial charge in [-0.25, -0.2) is 0 Å². The van der Waals surface area contributed by atoms with Gasteiger partial charge in [0, 0.05) is 0 Å². The Labute approximate surface area is 98.5 Å². The van der Waals surface area contributed by atoms with E-state index in [1.165, 1.54) is 0 Å². The summed E-state index contributed by atoms with van der Waals surface area (Å²) in [7, 11) is 0. The Kier molecular flexibility index (Phi) is 3.37. The summed E-state index contributed by atoms with van der Waals surface area (Å²) in [6.45, 7) is 2.47. The van der Waals surface area contributed by atoms with E-state index in [0.29, 0.717) is 17.9 Å². The van der Waals surface area contributed by atoms with Gasteiger partial charge in [-0.1, -0.05) is 12.1 Å². The molecule has 0 aliphatic heterocycles. The van der Waals surface area contributed by atoms with Crippen molar-refractivity contribution in [2.45, 2.75) is 6.92 Å². The molecule has 0 spiro atoms. The highest BCUT2D eigenvalue weighted by molar-refractivity contribution is 7.08. The fourth-order valence-corrected chi connectivity index (χ4v) is 2.27. The molecule has 2 nitrogen and oxygen atoms in total. The Morgan fingerprint density at radius 2 is 2.25 bits per heavy atom. The quantitative estimate of drug-likeness (QED) is 0.752. The number of aldehydes is 1. The molecule has 2 aromatic rings. The van der Waals surface area contributed by atoms with Crippen LogP contribution >= 0.6 is 11.3 Å². The third-order valence-corrected chi connectivity index (χ3v) is 3.00. The summed E-state index contributed by atoms with van der Waals surface area (Å²) in [5.74, 6) is 0.654. The van der Waals surface area contributed by atoms with E-state index in [-0.39, 0.29) is 0 Å². The number of ether oxygens (including phenoxy) is 1. The number of carbonyl (C=O) groups is 1. The van der Waals surface area contributed by atoms with Crippen LogP contribution in [0.5, 0.6) is 5.75 Å². The minimum Gasteiger partial charge on any atom is -0.493 e. The van der Waals surface area contributed by atoms with Crippen LogP contribution < -0.4 is 4.74 Å². The molecule has 16 heavy (non-hydrogen) atoms. The van der Waals surface area contributed by atoms with E-state index in [1.54, 1.807) is 11.3 Å². The molecule has 1 heterocycles. The number of hydrogen-bond donors (Lipinski definition) is 0. The highest BCUT2D eigenvalue weighted by atomic mass is 32.1. The summed E-state index contributed by atoms with van der Waals surface area (Å²) in [6.07, 6.45) is 0.859. The molecule has 0 atom stereocenters. The normalized spacial score (nSPS) is 10.1. The van der Waals surface area contributed by atoms with Crippen LogP contribution in [0.2, 0.25) is 0 Å². The van der Waals surface area contributed by atoms with E-state index in [1.807, 2.05) is 41.9 Å². The first-order valence-corrected chi connectivity index (χ1v) is 6.04. The van der Waals surface area contributed by atoms with Crippen molar-refractivity contribution in [3.8, 4) is 16.9 Å². The number of thiophene rings is 1. The molecular weight excluding hydrogens is 220 g/mol. The van der Waals surface area contributed by atoms with Crippen molar-refractivity contribution in [1.82, 2.24) is 0 Å². The van der Waals surface area contributed by atoms with Crippen LogP contribution in [0.15, 0.2) is 35.0 Å². The van der Waals surface area contributed by atoms with Crippen LogP contribution in [0, 0.1) is 0 Å². The van der Waals surface area contributed by atoms with Crippen LogP contribution in [0.1, 0.15) is 17.3 Å². The first kappa shape index (κ1) is 10.9. The molecule has 0 unspecified atom stereocenters. The summed E-state index contributed by atoms with van der Waals surface area (Å²) in [5.41, 5.74) is 2.62. The molecule has 1 aromatic heterocycles. The average Bonchev–Trinajstić information content (AvgIpc) is 2.82. The maximum absolute atomic E-state index is 11.1. The zero-order chi connectivity index (χ0) is 11.4. The topological polar surface area (TPSA) is 26.3 Å². The Balaban J connectivity index is 2.53. The molecule has 0 saturated carbocycles. The van der Waals surface area contributed by atoms with Crippen molar-refractivity contribution in [2.24, 2.45) is 0 Å². The van der Waals surface area contributed by atoms with Crippen LogP contribution in [0.4, 0.5) is 0 Å². The minimum atomic E-state index is 0.563. The van der Waals surface area contributed by atoms with Gasteiger partial charge in [-0.05, 0) is 40.9 Å². The molecule has 0 bridgehead atoms. The number of rotatable bonds is 4. The van der Waals surface area contributed by atoms with Gasteiger partial charge in [-0.15, -0.1) is 0 Å². The smallest absolute Gasteiger partial charge is 0.154 e. The molecule has 0 aliphatic rings. The van der Waals surface area contributed by atoms with Crippen LogP contribution in [-0.2, 0) is 0 Å². The van der Waals surface area contributed by atoms with E-state index in [0.717, 1.165) is 17.4 Å². The highest BCUT2D eigenvalue weighted by Gasteiger charge is 2.10. The lowest BCUT2D eigenvalue weighted by atomic mass is 10.0. The minimum absolute atomic E-state index is 0.563. The van der Waals surface area contributed by atoms with Gasteiger partial charge >= 0.3 is 0 Å². The van der Waals surface area contributed by atoms with E-state index in [2.05, 4.69) is 0 Å². The third kappa shape index (κ3) is 1.99. The fourth-order valence-electron chi connectivity index (χ4n) is 1.62. The molecular formula is C13H12O2S. The maximum Gasteiger partial charge on any atom is 0.154 e. The second kappa shape index (κ2) is 4.94. The fraction of sp³-hybridized carbons (Fsp3) is 0.154. The SMILES string of the molecule is CCOc1cccc(-c2ccsc2)c1C=O. The van der Waals surface area contributed by atoms with E-state index >= 15 is 0 Å². The van der Waals surface area contributed by atoms with Crippen molar-refractivity contribution in [2.75, 3.05) is 6.61 Å². The first-order chi connectivity index (χ1) is 7.86. The second-order valence-corrected chi connectivity index (χ2v) is 4.06. The second-order valence-electron chi connectivity index (χ2n) is 3.28. The lowest BCUT2D eigenvalue weighted by molar-refractivity contribution is 0.112. The van der Waals surface area contributed by atoms with Gasteiger partial charge < -0.3 is 4.74 Å². The van der Waals surface area contributed by atoms with Crippen LogP contribution in [0.25, 0.3) is 11.1 Å². The summed E-state index contributed by atoms with van der Waals surface area (Å²) < 4.78 is 5.44. The Hall–Kier alpha value is -1.61. The Morgan fingerprint density at radius 3 is 2.88 bits per heavy atom. The van der Waals surface area contributed by atoms with Gasteiger partial charge in [0.2, 0.25) is 0 Å². The molecule has 2 rings (SSSR count). The van der Waals surface area contributed by atoms with Gasteiger partial charge in [0.25, 0.3) is 0 Å². The molecule has 0 fully saturated rings. The molecule has 3 heteroatoms. The molecule has 0 amide bonds. The first-order valence-electron chi connectivity index (χ1n) is 5.10. The largest absolute Gasteiger partial charge is 0.493 e. The maximum atomic E-state index is 11.1. The molecule has 1 aromatic carbocycles. The monoisotopic (exact) mass is 232 g/mol. The summed E-state index contributed by atoms with van der Waals surface area (Å²) in [6, 6.07) is 7.67. The number of hydrogen-bond acceptors (Lipinski definition) is 3. The molecule has 0 N–H and O–H groups in total. The summed E-state index contributed by atoms with van der Waals surface area (Å²) >= 11 is 1.62. The van der Waals surface area contributed by atoms with Gasteiger partial charge in [-0.2, -0.15) is 11.3 Å². The predicted octanol–water partition coefficient (Wildman–Crippen LogP) is 3.63. The lowest BCUT2D eigenvalue weighted by Crippen LogP contribution is -1.97. The number of benzene rings is 1.